The average Bonchev–Trinajstić information content (AvgIpc) is 2.60. The molecule has 0 unspecified atom stereocenters. The molecule has 1 N–H and O–H groups in total. The number of carbonyl (C=O) groups is 1. The lowest BCUT2D eigenvalue weighted by atomic mass is 9.96. The van der Waals surface area contributed by atoms with Crippen molar-refractivity contribution in [2.45, 2.75) is 32.6 Å². The molecule has 1 amide bonds. The summed E-state index contributed by atoms with van der Waals surface area (Å²) in [5, 5.41) is 4.29. The molecule has 1 aliphatic heterocycles. The third kappa shape index (κ3) is 5.83. The highest BCUT2D eigenvalue weighted by Gasteiger charge is 2.22. The van der Waals surface area contributed by atoms with E-state index in [-0.39, 0.29) is 5.91 Å². The molecule has 0 radical (unpaired) electrons. The predicted octanol–water partition coefficient (Wildman–Crippen LogP) is 4.00. The minimum absolute atomic E-state index is 0.220. The Kier molecular flexibility index (Phi) is 8.16. The molecule has 1 aromatic carbocycles. The molecule has 2 rings (SSSR count). The van der Waals surface area contributed by atoms with Gasteiger partial charge >= 0.3 is 0 Å². The number of hydrogen-bond acceptors (Lipinski definition) is 3. The van der Waals surface area contributed by atoms with Crippen LogP contribution in [0.15, 0.2) is 18.2 Å². The van der Waals surface area contributed by atoms with Gasteiger partial charge in [0.05, 0.1) is 11.6 Å². The first-order valence-electron chi connectivity index (χ1n) is 8.67. The number of rotatable bonds is 8. The van der Waals surface area contributed by atoms with Gasteiger partial charge in [-0.2, -0.15) is 0 Å². The smallest absolute Gasteiger partial charge is 0.222 e. The Morgan fingerprint density at radius 1 is 1.33 bits per heavy atom. The molecule has 0 spiro atoms. The van der Waals surface area contributed by atoms with Crippen LogP contribution in [0.5, 0.6) is 5.75 Å². The molecule has 4 nitrogen and oxygen atoms in total. The van der Waals surface area contributed by atoms with E-state index < -0.39 is 0 Å². The van der Waals surface area contributed by atoms with Gasteiger partial charge in [0.1, 0.15) is 10.8 Å². The molecule has 1 heterocycles. The molecule has 6 heteroatoms. The Morgan fingerprint density at radius 3 is 2.79 bits per heavy atom. The molecular formula is C18H26Cl2N2O2. The van der Waals surface area contributed by atoms with Gasteiger partial charge in [-0.15, -0.1) is 0 Å². The summed E-state index contributed by atoms with van der Waals surface area (Å²) in [7, 11) is 0. The zero-order chi connectivity index (χ0) is 17.4. The van der Waals surface area contributed by atoms with Gasteiger partial charge in [0.2, 0.25) is 5.91 Å². The van der Waals surface area contributed by atoms with Crippen molar-refractivity contribution in [3.63, 3.8) is 0 Å². The second-order valence-corrected chi connectivity index (χ2v) is 6.92. The van der Waals surface area contributed by atoms with Crippen molar-refractivity contribution in [3.05, 3.63) is 28.2 Å². The van der Waals surface area contributed by atoms with Crippen LogP contribution in [0.3, 0.4) is 0 Å². The van der Waals surface area contributed by atoms with E-state index in [1.54, 1.807) is 18.2 Å². The summed E-state index contributed by atoms with van der Waals surface area (Å²) in [5.41, 5.74) is 0. The van der Waals surface area contributed by atoms with Crippen LogP contribution < -0.4 is 10.1 Å². The second-order valence-electron chi connectivity index (χ2n) is 6.14. The third-order valence-electron chi connectivity index (χ3n) is 4.36. The number of amides is 1. The lowest BCUT2D eigenvalue weighted by Gasteiger charge is -2.32. The average molecular weight is 373 g/mol. The number of halogens is 2. The van der Waals surface area contributed by atoms with E-state index in [0.29, 0.717) is 41.2 Å². The largest absolute Gasteiger partial charge is 0.492 e. The zero-order valence-corrected chi connectivity index (χ0v) is 15.7. The molecular weight excluding hydrogens is 347 g/mol. The fourth-order valence-corrected chi connectivity index (χ4v) is 3.24. The molecule has 0 aromatic heterocycles. The summed E-state index contributed by atoms with van der Waals surface area (Å²) in [6.07, 6.45) is 3.37. The first kappa shape index (κ1) is 19.4. The van der Waals surface area contributed by atoms with Gasteiger partial charge in [-0.05, 0) is 50.4 Å². The number of piperidine rings is 1. The highest BCUT2D eigenvalue weighted by atomic mass is 35.5. The minimum atomic E-state index is 0.220. The maximum atomic E-state index is 12.3. The molecule has 0 aliphatic carbocycles. The lowest BCUT2D eigenvalue weighted by Crippen LogP contribution is -2.40. The van der Waals surface area contributed by atoms with Crippen LogP contribution in [0.2, 0.25) is 10.0 Å². The zero-order valence-electron chi connectivity index (χ0n) is 14.2. The maximum Gasteiger partial charge on any atom is 0.222 e. The Bertz CT molecular complexity index is 532. The van der Waals surface area contributed by atoms with E-state index in [4.69, 9.17) is 27.9 Å². The van der Waals surface area contributed by atoms with Gasteiger partial charge in [0.15, 0.2) is 0 Å². The summed E-state index contributed by atoms with van der Waals surface area (Å²) in [4.78, 5) is 14.2. The van der Waals surface area contributed by atoms with Crippen molar-refractivity contribution in [3.8, 4) is 5.75 Å². The van der Waals surface area contributed by atoms with E-state index in [1.165, 1.54) is 0 Å². The predicted molar refractivity (Wildman–Crippen MR) is 99.0 cm³/mol. The number of nitrogens with zero attached hydrogens (tertiary/aromatic N) is 1. The van der Waals surface area contributed by atoms with Crippen LogP contribution in [-0.4, -0.2) is 43.6 Å². The molecule has 1 fully saturated rings. The van der Waals surface area contributed by atoms with Crippen LogP contribution in [-0.2, 0) is 4.79 Å². The number of carbonyl (C=O) groups excluding carboxylic acids is 1. The van der Waals surface area contributed by atoms with Crippen molar-refractivity contribution < 1.29 is 9.53 Å². The number of hydrogen-bond donors (Lipinski definition) is 1. The van der Waals surface area contributed by atoms with Gasteiger partial charge in [0, 0.05) is 19.5 Å². The number of nitrogens with one attached hydrogen (secondary N) is 1. The summed E-state index contributed by atoms with van der Waals surface area (Å²) >= 11 is 12.0. The van der Waals surface area contributed by atoms with Crippen LogP contribution in [0.25, 0.3) is 0 Å². The highest BCUT2D eigenvalue weighted by Crippen LogP contribution is 2.31. The molecule has 134 valence electrons. The van der Waals surface area contributed by atoms with Crippen LogP contribution in [0.1, 0.15) is 32.6 Å². The van der Waals surface area contributed by atoms with Gasteiger partial charge in [-0.1, -0.05) is 36.2 Å². The second kappa shape index (κ2) is 10.1. The third-order valence-corrected chi connectivity index (χ3v) is 5.16. The number of likely N-dealkylation sites (tertiary alicyclic amines) is 1. The van der Waals surface area contributed by atoms with E-state index in [9.17, 15) is 4.79 Å². The molecule has 1 aromatic rings. The first-order valence-corrected chi connectivity index (χ1v) is 9.42. The molecule has 1 saturated heterocycles. The normalized spacial score (nSPS) is 15.5. The lowest BCUT2D eigenvalue weighted by molar-refractivity contribution is -0.132. The van der Waals surface area contributed by atoms with Crippen molar-refractivity contribution in [2.24, 2.45) is 5.92 Å². The standard InChI is InChI=1S/C18H26Cl2N2O2/c1-2-21-13-14-8-10-22(11-9-14)17(23)7-4-12-24-16-6-3-5-15(19)18(16)20/h3,5-6,14,21H,2,4,7-13H2,1H3. The van der Waals surface area contributed by atoms with Gasteiger partial charge in [0.25, 0.3) is 0 Å². The monoisotopic (exact) mass is 372 g/mol. The quantitative estimate of drug-likeness (QED) is 0.701. The van der Waals surface area contributed by atoms with Crippen LogP contribution in [0, 0.1) is 5.92 Å². The minimum Gasteiger partial charge on any atom is -0.492 e. The summed E-state index contributed by atoms with van der Waals surface area (Å²) in [6, 6.07) is 5.30. The molecule has 0 saturated carbocycles. The van der Waals surface area contributed by atoms with Crippen molar-refractivity contribution in [1.29, 1.82) is 0 Å². The van der Waals surface area contributed by atoms with E-state index in [1.807, 2.05) is 4.90 Å². The van der Waals surface area contributed by atoms with Crippen molar-refractivity contribution in [1.82, 2.24) is 10.2 Å². The molecule has 24 heavy (non-hydrogen) atoms. The van der Waals surface area contributed by atoms with Gasteiger partial charge in [-0.25, -0.2) is 0 Å². The SMILES string of the molecule is CCNCC1CCN(C(=O)CCCOc2cccc(Cl)c2Cl)CC1. The van der Waals surface area contributed by atoms with Crippen molar-refractivity contribution in [2.75, 3.05) is 32.8 Å². The summed E-state index contributed by atoms with van der Waals surface area (Å²) in [6.45, 7) is 6.40. The summed E-state index contributed by atoms with van der Waals surface area (Å²) < 4.78 is 5.62. The topological polar surface area (TPSA) is 41.6 Å². The van der Waals surface area contributed by atoms with Gasteiger partial charge < -0.3 is 15.0 Å². The highest BCUT2D eigenvalue weighted by molar-refractivity contribution is 6.42. The van der Waals surface area contributed by atoms with Crippen LogP contribution in [0.4, 0.5) is 0 Å². The number of benzene rings is 1. The fraction of sp³-hybridized carbons (Fsp3) is 0.611. The first-order chi connectivity index (χ1) is 11.6. The Hall–Kier alpha value is -0.970. The summed E-state index contributed by atoms with van der Waals surface area (Å²) in [5.74, 6) is 1.49. The van der Waals surface area contributed by atoms with Gasteiger partial charge in [-0.3, -0.25) is 4.79 Å². The van der Waals surface area contributed by atoms with E-state index in [0.717, 1.165) is 39.0 Å². The molecule has 0 atom stereocenters. The maximum absolute atomic E-state index is 12.3. The molecule has 1 aliphatic rings. The molecule has 0 bridgehead atoms. The van der Waals surface area contributed by atoms with E-state index in [2.05, 4.69) is 12.2 Å². The van der Waals surface area contributed by atoms with Crippen molar-refractivity contribution >= 4 is 29.1 Å². The number of ether oxygens (including phenoxy) is 1. The Labute approximate surface area is 154 Å². The van der Waals surface area contributed by atoms with Crippen LogP contribution >= 0.6 is 23.2 Å². The van der Waals surface area contributed by atoms with E-state index >= 15 is 0 Å². The Balaban J connectivity index is 1.64. The fourth-order valence-electron chi connectivity index (χ4n) is 2.89. The Morgan fingerprint density at radius 2 is 2.08 bits per heavy atom.